The summed E-state index contributed by atoms with van der Waals surface area (Å²) in [4.78, 5) is 26.2. The van der Waals surface area contributed by atoms with E-state index < -0.39 is 29.8 Å². The van der Waals surface area contributed by atoms with Crippen molar-refractivity contribution in [1.82, 2.24) is 10.6 Å². The molecular formula is C35H60N2O7. The summed E-state index contributed by atoms with van der Waals surface area (Å²) in [6.45, 7) is 18.2. The van der Waals surface area contributed by atoms with Gasteiger partial charge < -0.3 is 34.7 Å². The second kappa shape index (κ2) is 18.6. The van der Waals surface area contributed by atoms with Crippen molar-refractivity contribution >= 4 is 12.0 Å². The summed E-state index contributed by atoms with van der Waals surface area (Å²) in [7, 11) is 1.68. The number of ether oxygens (including phenoxy) is 4. The number of aliphatic hydroxyl groups excluding tert-OH is 1. The van der Waals surface area contributed by atoms with Crippen molar-refractivity contribution in [2.45, 2.75) is 118 Å². The van der Waals surface area contributed by atoms with Gasteiger partial charge >= 0.3 is 6.09 Å². The maximum Gasteiger partial charge on any atom is 0.407 e. The van der Waals surface area contributed by atoms with Gasteiger partial charge in [-0.25, -0.2) is 4.79 Å². The summed E-state index contributed by atoms with van der Waals surface area (Å²) in [5.74, 6) is 0.767. The van der Waals surface area contributed by atoms with Gasteiger partial charge in [-0.2, -0.15) is 0 Å². The number of aliphatic hydroxyl groups is 1. The molecule has 3 N–H and O–H groups in total. The second-order valence-electron chi connectivity index (χ2n) is 14.0. The minimum Gasteiger partial charge on any atom is -0.493 e. The molecule has 1 aliphatic heterocycles. The Labute approximate surface area is 266 Å². The lowest BCUT2D eigenvalue weighted by Gasteiger charge is -2.33. The van der Waals surface area contributed by atoms with Crippen molar-refractivity contribution in [2.75, 3.05) is 33.5 Å². The van der Waals surface area contributed by atoms with Crippen molar-refractivity contribution in [3.8, 4) is 5.75 Å². The van der Waals surface area contributed by atoms with Crippen LogP contribution in [-0.4, -0.2) is 74.4 Å². The van der Waals surface area contributed by atoms with E-state index >= 15 is 0 Å². The van der Waals surface area contributed by atoms with Crippen LogP contribution in [0.1, 0.15) is 91.7 Å². The van der Waals surface area contributed by atoms with Crippen LogP contribution in [0.5, 0.6) is 5.75 Å². The SMILES string of the molecule is COCCCOc1cc(C[C@@H](C[C@H](NC(=O)OC(C)(C)C)[C@@H](O)C[C@H](C(=O)NC[C@@H]2CCCO2)C(C)C)C(C)C)ccc1C. The highest BCUT2D eigenvalue weighted by Gasteiger charge is 2.33. The maximum atomic E-state index is 13.2. The van der Waals surface area contributed by atoms with E-state index in [4.69, 9.17) is 18.9 Å². The number of carbonyl (C=O) groups is 2. The molecule has 252 valence electrons. The molecule has 0 saturated carbocycles. The van der Waals surface area contributed by atoms with Crippen LogP contribution in [0.4, 0.5) is 4.79 Å². The van der Waals surface area contributed by atoms with Gasteiger partial charge in [0.2, 0.25) is 5.91 Å². The fraction of sp³-hybridized carbons (Fsp3) is 0.771. The van der Waals surface area contributed by atoms with E-state index in [1.807, 2.05) is 41.5 Å². The molecular weight excluding hydrogens is 560 g/mol. The number of amides is 2. The third kappa shape index (κ3) is 13.7. The van der Waals surface area contributed by atoms with E-state index in [1.165, 1.54) is 0 Å². The van der Waals surface area contributed by atoms with E-state index in [0.717, 1.165) is 49.2 Å². The largest absolute Gasteiger partial charge is 0.493 e. The molecule has 5 atom stereocenters. The number of nitrogens with one attached hydrogen (secondary N) is 2. The first-order chi connectivity index (χ1) is 20.7. The molecule has 9 nitrogen and oxygen atoms in total. The first-order valence-corrected chi connectivity index (χ1v) is 16.5. The Hall–Kier alpha value is -2.36. The minimum atomic E-state index is -0.942. The predicted molar refractivity (Wildman–Crippen MR) is 174 cm³/mol. The lowest BCUT2D eigenvalue weighted by atomic mass is 9.80. The zero-order chi connectivity index (χ0) is 32.9. The normalized spacial score (nSPS) is 18.1. The monoisotopic (exact) mass is 620 g/mol. The van der Waals surface area contributed by atoms with Crippen molar-refractivity contribution in [3.05, 3.63) is 29.3 Å². The molecule has 2 amide bonds. The van der Waals surface area contributed by atoms with Crippen LogP contribution in [0.15, 0.2) is 18.2 Å². The number of rotatable bonds is 18. The van der Waals surface area contributed by atoms with Crippen LogP contribution < -0.4 is 15.4 Å². The first-order valence-electron chi connectivity index (χ1n) is 16.5. The van der Waals surface area contributed by atoms with Gasteiger partial charge in [0.1, 0.15) is 11.4 Å². The average molecular weight is 621 g/mol. The molecule has 1 heterocycles. The Morgan fingerprint density at radius 3 is 2.41 bits per heavy atom. The Morgan fingerprint density at radius 2 is 1.82 bits per heavy atom. The topological polar surface area (TPSA) is 115 Å². The fourth-order valence-electron chi connectivity index (χ4n) is 5.56. The molecule has 1 saturated heterocycles. The van der Waals surface area contributed by atoms with Gasteiger partial charge in [-0.1, -0.05) is 39.8 Å². The van der Waals surface area contributed by atoms with Gasteiger partial charge in [0.05, 0.1) is 24.9 Å². The van der Waals surface area contributed by atoms with Gasteiger partial charge in [0.25, 0.3) is 0 Å². The number of benzene rings is 1. The molecule has 0 aliphatic carbocycles. The van der Waals surface area contributed by atoms with Crippen molar-refractivity contribution < 1.29 is 33.6 Å². The van der Waals surface area contributed by atoms with Crippen molar-refractivity contribution in [2.24, 2.45) is 23.7 Å². The molecule has 44 heavy (non-hydrogen) atoms. The Kier molecular flexibility index (Phi) is 16.0. The standard InChI is InChI=1S/C35H60N2O7/c1-23(2)27(18-26-14-13-25(5)32(19-26)43-17-11-15-41-9)20-30(37-34(40)44-35(6,7)8)31(38)21-29(24(3)4)33(39)36-22-28-12-10-16-42-28/h13-14,19,23-24,27-31,38H,10-12,15-18,20-22H2,1-9H3,(H,36,39)(H,37,40)/t27-,28-,29-,30-,31-/m0/s1. The van der Waals surface area contributed by atoms with E-state index in [1.54, 1.807) is 7.11 Å². The number of alkyl carbamates (subject to hydrolysis) is 1. The van der Waals surface area contributed by atoms with Crippen LogP contribution in [-0.2, 0) is 25.4 Å². The summed E-state index contributed by atoms with van der Waals surface area (Å²) < 4.78 is 22.4. The van der Waals surface area contributed by atoms with E-state index in [-0.39, 0.29) is 36.2 Å². The molecule has 0 aromatic heterocycles. The van der Waals surface area contributed by atoms with E-state index in [9.17, 15) is 14.7 Å². The molecule has 1 aromatic rings. The molecule has 1 aliphatic rings. The summed E-state index contributed by atoms with van der Waals surface area (Å²) in [5.41, 5.74) is 1.53. The third-order valence-electron chi connectivity index (χ3n) is 8.33. The van der Waals surface area contributed by atoms with Crippen molar-refractivity contribution in [1.29, 1.82) is 0 Å². The molecule has 2 rings (SSSR count). The zero-order valence-electron chi connectivity index (χ0n) is 28.7. The van der Waals surface area contributed by atoms with Gasteiger partial charge in [-0.15, -0.1) is 0 Å². The fourth-order valence-corrected chi connectivity index (χ4v) is 5.56. The Bertz CT molecular complexity index is 1000. The maximum absolute atomic E-state index is 13.2. The quantitative estimate of drug-likeness (QED) is 0.177. The molecule has 9 heteroatoms. The zero-order valence-corrected chi connectivity index (χ0v) is 28.7. The van der Waals surface area contributed by atoms with Crippen LogP contribution >= 0.6 is 0 Å². The summed E-state index contributed by atoms with van der Waals surface area (Å²) in [6.07, 6.45) is 2.79. The first kappa shape index (κ1) is 37.8. The van der Waals surface area contributed by atoms with Gasteiger partial charge in [0, 0.05) is 39.2 Å². The number of hydrogen-bond donors (Lipinski definition) is 3. The van der Waals surface area contributed by atoms with Crippen LogP contribution in [0.2, 0.25) is 0 Å². The molecule has 0 bridgehead atoms. The number of aryl methyl sites for hydroxylation is 1. The predicted octanol–water partition coefficient (Wildman–Crippen LogP) is 5.83. The smallest absolute Gasteiger partial charge is 0.407 e. The van der Waals surface area contributed by atoms with Gasteiger partial charge in [-0.05, 0) is 94.7 Å². The Balaban J connectivity index is 2.21. The molecule has 0 unspecified atom stereocenters. The minimum absolute atomic E-state index is 0.00656. The van der Waals surface area contributed by atoms with Crippen LogP contribution in [0, 0.1) is 30.6 Å². The highest BCUT2D eigenvalue weighted by Crippen LogP contribution is 2.29. The highest BCUT2D eigenvalue weighted by molar-refractivity contribution is 5.79. The highest BCUT2D eigenvalue weighted by atomic mass is 16.6. The average Bonchev–Trinajstić information content (AvgIpc) is 3.45. The molecule has 0 radical (unpaired) electrons. The molecule has 0 spiro atoms. The third-order valence-corrected chi connectivity index (χ3v) is 8.33. The Morgan fingerprint density at radius 1 is 1.09 bits per heavy atom. The number of carbonyl (C=O) groups excluding carboxylic acids is 2. The van der Waals surface area contributed by atoms with E-state index in [2.05, 4.69) is 42.7 Å². The second-order valence-corrected chi connectivity index (χ2v) is 14.0. The van der Waals surface area contributed by atoms with Crippen LogP contribution in [0.25, 0.3) is 0 Å². The number of hydrogen-bond acceptors (Lipinski definition) is 7. The molecule has 1 aromatic carbocycles. The van der Waals surface area contributed by atoms with Crippen LogP contribution in [0.3, 0.4) is 0 Å². The lowest BCUT2D eigenvalue weighted by Crippen LogP contribution is -2.49. The summed E-state index contributed by atoms with van der Waals surface area (Å²) >= 11 is 0. The summed E-state index contributed by atoms with van der Waals surface area (Å²) in [6, 6.07) is 5.69. The molecule has 1 fully saturated rings. The van der Waals surface area contributed by atoms with Gasteiger partial charge in [0.15, 0.2) is 0 Å². The van der Waals surface area contributed by atoms with E-state index in [0.29, 0.717) is 26.2 Å². The number of methoxy groups -OCH3 is 1. The van der Waals surface area contributed by atoms with Crippen molar-refractivity contribution in [3.63, 3.8) is 0 Å². The summed E-state index contributed by atoms with van der Waals surface area (Å²) in [5, 5.41) is 17.6. The lowest BCUT2D eigenvalue weighted by molar-refractivity contribution is -0.128. The van der Waals surface area contributed by atoms with Gasteiger partial charge in [-0.3, -0.25) is 4.79 Å².